The van der Waals surface area contributed by atoms with Crippen LogP contribution in [0.4, 0.5) is 5.82 Å². The summed E-state index contributed by atoms with van der Waals surface area (Å²) >= 11 is 0. The Labute approximate surface area is 104 Å². The van der Waals surface area contributed by atoms with Crippen LogP contribution >= 0.6 is 0 Å². The standard InChI is InChI=1S/C13H13N3O2/c1-9(12(17)10-5-3-2-4-6-10)13(18)15-11-7-8-14-16-11/h2-9H,1H3,(H2,14,15,16,18). The lowest BCUT2D eigenvalue weighted by Gasteiger charge is -2.09. The molecule has 0 aliphatic carbocycles. The van der Waals surface area contributed by atoms with Crippen LogP contribution in [-0.2, 0) is 4.79 Å². The van der Waals surface area contributed by atoms with Gasteiger partial charge in [-0.25, -0.2) is 0 Å². The third kappa shape index (κ3) is 2.63. The Hall–Kier alpha value is -2.43. The fourth-order valence-electron chi connectivity index (χ4n) is 1.54. The molecule has 1 aromatic carbocycles. The first kappa shape index (κ1) is 12.0. The second kappa shape index (κ2) is 5.27. The van der Waals surface area contributed by atoms with Crippen LogP contribution in [0.5, 0.6) is 0 Å². The van der Waals surface area contributed by atoms with Gasteiger partial charge in [-0.3, -0.25) is 14.7 Å². The summed E-state index contributed by atoms with van der Waals surface area (Å²) in [4.78, 5) is 23.9. The third-order valence-corrected chi connectivity index (χ3v) is 2.60. The van der Waals surface area contributed by atoms with Crippen LogP contribution in [-0.4, -0.2) is 21.9 Å². The van der Waals surface area contributed by atoms with E-state index in [1.54, 1.807) is 43.5 Å². The van der Waals surface area contributed by atoms with E-state index in [1.807, 2.05) is 6.07 Å². The van der Waals surface area contributed by atoms with Gasteiger partial charge in [0.2, 0.25) is 5.91 Å². The molecule has 0 bridgehead atoms. The zero-order valence-electron chi connectivity index (χ0n) is 9.88. The fourth-order valence-corrected chi connectivity index (χ4v) is 1.54. The molecule has 0 aliphatic rings. The van der Waals surface area contributed by atoms with Crippen LogP contribution in [0.1, 0.15) is 17.3 Å². The average molecular weight is 243 g/mol. The molecule has 1 atom stereocenters. The number of hydrogen-bond donors (Lipinski definition) is 2. The molecule has 2 aromatic rings. The van der Waals surface area contributed by atoms with E-state index >= 15 is 0 Å². The minimum atomic E-state index is -0.746. The average Bonchev–Trinajstić information content (AvgIpc) is 2.91. The van der Waals surface area contributed by atoms with E-state index in [2.05, 4.69) is 15.5 Å². The Morgan fingerprint density at radius 3 is 2.56 bits per heavy atom. The highest BCUT2D eigenvalue weighted by molar-refractivity contribution is 6.13. The number of hydrogen-bond acceptors (Lipinski definition) is 3. The summed E-state index contributed by atoms with van der Waals surface area (Å²) in [5.41, 5.74) is 0.530. The summed E-state index contributed by atoms with van der Waals surface area (Å²) < 4.78 is 0. The van der Waals surface area contributed by atoms with Gasteiger partial charge in [-0.15, -0.1) is 0 Å². The zero-order valence-corrected chi connectivity index (χ0v) is 9.88. The molecule has 1 aromatic heterocycles. The van der Waals surface area contributed by atoms with Crippen LogP contribution in [0.3, 0.4) is 0 Å². The van der Waals surface area contributed by atoms with Crippen molar-refractivity contribution in [2.45, 2.75) is 6.92 Å². The Bertz CT molecular complexity index is 535. The summed E-state index contributed by atoms with van der Waals surface area (Å²) in [5.74, 6) is -0.906. The van der Waals surface area contributed by atoms with Crippen molar-refractivity contribution in [3.8, 4) is 0 Å². The van der Waals surface area contributed by atoms with Crippen molar-refractivity contribution in [2.24, 2.45) is 5.92 Å². The second-order valence-electron chi connectivity index (χ2n) is 3.90. The highest BCUT2D eigenvalue weighted by atomic mass is 16.2. The van der Waals surface area contributed by atoms with Crippen molar-refractivity contribution >= 4 is 17.5 Å². The number of nitrogens with one attached hydrogen (secondary N) is 2. The molecule has 1 unspecified atom stereocenters. The van der Waals surface area contributed by atoms with Crippen molar-refractivity contribution in [1.29, 1.82) is 0 Å². The van der Waals surface area contributed by atoms with Crippen molar-refractivity contribution < 1.29 is 9.59 Å². The lowest BCUT2D eigenvalue weighted by molar-refractivity contribution is -0.118. The van der Waals surface area contributed by atoms with Crippen LogP contribution < -0.4 is 5.32 Å². The third-order valence-electron chi connectivity index (χ3n) is 2.60. The summed E-state index contributed by atoms with van der Waals surface area (Å²) in [6.45, 7) is 1.58. The zero-order chi connectivity index (χ0) is 13.0. The smallest absolute Gasteiger partial charge is 0.236 e. The van der Waals surface area contributed by atoms with E-state index in [0.717, 1.165) is 0 Å². The Balaban J connectivity index is 2.05. The molecule has 0 aliphatic heterocycles. The first-order valence-corrected chi connectivity index (χ1v) is 5.58. The van der Waals surface area contributed by atoms with Crippen LogP contribution in [0.2, 0.25) is 0 Å². The summed E-state index contributed by atoms with van der Waals surface area (Å²) in [7, 11) is 0. The number of amides is 1. The largest absolute Gasteiger partial charge is 0.309 e. The predicted molar refractivity (Wildman–Crippen MR) is 67.2 cm³/mol. The van der Waals surface area contributed by atoms with Gasteiger partial charge >= 0.3 is 0 Å². The molecule has 0 fully saturated rings. The maximum atomic E-state index is 12.0. The van der Waals surface area contributed by atoms with Gasteiger partial charge in [-0.2, -0.15) is 5.10 Å². The number of Topliss-reactive ketones (excluding diaryl/α,β-unsaturated/α-hetero) is 1. The molecule has 1 heterocycles. The van der Waals surface area contributed by atoms with Crippen molar-refractivity contribution in [3.05, 3.63) is 48.2 Å². The summed E-state index contributed by atoms with van der Waals surface area (Å²) in [6.07, 6.45) is 1.60. The van der Waals surface area contributed by atoms with Gasteiger partial charge in [0.25, 0.3) is 0 Å². The predicted octanol–water partition coefficient (Wildman–Crippen LogP) is 1.87. The number of aromatic amines is 1. The maximum absolute atomic E-state index is 12.0. The summed E-state index contributed by atoms with van der Waals surface area (Å²) in [5, 5.41) is 8.96. The molecule has 5 heteroatoms. The van der Waals surface area contributed by atoms with E-state index < -0.39 is 5.92 Å². The van der Waals surface area contributed by atoms with Gasteiger partial charge in [0.1, 0.15) is 0 Å². The highest BCUT2D eigenvalue weighted by Crippen LogP contribution is 2.11. The van der Waals surface area contributed by atoms with Crippen molar-refractivity contribution in [3.63, 3.8) is 0 Å². The van der Waals surface area contributed by atoms with Gasteiger partial charge in [-0.05, 0) is 6.92 Å². The lowest BCUT2D eigenvalue weighted by atomic mass is 9.99. The number of ketones is 1. The van der Waals surface area contributed by atoms with Crippen LogP contribution in [0.15, 0.2) is 42.6 Å². The SMILES string of the molecule is CC(C(=O)Nc1cc[nH]n1)C(=O)c1ccccc1. The number of carbonyl (C=O) groups is 2. The number of H-pyrrole nitrogens is 1. The molecule has 2 N–H and O–H groups in total. The normalized spacial score (nSPS) is 11.8. The van der Waals surface area contributed by atoms with Gasteiger partial charge in [-0.1, -0.05) is 30.3 Å². The first-order chi connectivity index (χ1) is 8.68. The minimum Gasteiger partial charge on any atom is -0.309 e. The molecular formula is C13H13N3O2. The van der Waals surface area contributed by atoms with Crippen molar-refractivity contribution in [1.82, 2.24) is 10.2 Å². The monoisotopic (exact) mass is 243 g/mol. The van der Waals surface area contributed by atoms with E-state index in [0.29, 0.717) is 11.4 Å². The van der Waals surface area contributed by atoms with E-state index in [9.17, 15) is 9.59 Å². The Morgan fingerprint density at radius 2 is 1.94 bits per heavy atom. The maximum Gasteiger partial charge on any atom is 0.236 e. The van der Waals surface area contributed by atoms with Gasteiger partial charge in [0, 0.05) is 17.8 Å². The molecule has 92 valence electrons. The number of nitrogens with zero attached hydrogens (tertiary/aromatic N) is 1. The second-order valence-corrected chi connectivity index (χ2v) is 3.90. The summed E-state index contributed by atoms with van der Waals surface area (Å²) in [6, 6.07) is 10.4. The molecule has 5 nitrogen and oxygen atoms in total. The van der Waals surface area contributed by atoms with Crippen LogP contribution in [0.25, 0.3) is 0 Å². The number of carbonyl (C=O) groups excluding carboxylic acids is 2. The number of benzene rings is 1. The number of aromatic nitrogens is 2. The Kier molecular flexibility index (Phi) is 3.52. The molecule has 0 spiro atoms. The topological polar surface area (TPSA) is 74.8 Å². The highest BCUT2D eigenvalue weighted by Gasteiger charge is 2.22. The van der Waals surface area contributed by atoms with E-state index in [4.69, 9.17) is 0 Å². The van der Waals surface area contributed by atoms with Gasteiger partial charge in [0.05, 0.1) is 5.92 Å². The van der Waals surface area contributed by atoms with E-state index in [1.165, 1.54) is 0 Å². The van der Waals surface area contributed by atoms with Gasteiger partial charge in [0.15, 0.2) is 11.6 Å². The Morgan fingerprint density at radius 1 is 1.22 bits per heavy atom. The lowest BCUT2D eigenvalue weighted by Crippen LogP contribution is -2.27. The molecule has 0 saturated carbocycles. The minimum absolute atomic E-state index is 0.205. The quantitative estimate of drug-likeness (QED) is 0.635. The first-order valence-electron chi connectivity index (χ1n) is 5.58. The van der Waals surface area contributed by atoms with Gasteiger partial charge < -0.3 is 5.32 Å². The molecule has 18 heavy (non-hydrogen) atoms. The molecule has 1 amide bonds. The molecular weight excluding hydrogens is 230 g/mol. The molecule has 0 radical (unpaired) electrons. The fraction of sp³-hybridized carbons (Fsp3) is 0.154. The number of rotatable bonds is 4. The molecule has 0 saturated heterocycles. The number of anilines is 1. The molecule has 2 rings (SSSR count). The van der Waals surface area contributed by atoms with Crippen LogP contribution in [0, 0.1) is 5.92 Å². The van der Waals surface area contributed by atoms with E-state index in [-0.39, 0.29) is 11.7 Å². The van der Waals surface area contributed by atoms with Crippen molar-refractivity contribution in [2.75, 3.05) is 5.32 Å².